The van der Waals surface area contributed by atoms with Gasteiger partial charge in [0.25, 0.3) is 0 Å². The van der Waals surface area contributed by atoms with E-state index in [9.17, 15) is 9.59 Å². The maximum absolute atomic E-state index is 13.0. The van der Waals surface area contributed by atoms with Gasteiger partial charge in [0.15, 0.2) is 0 Å². The number of carbonyl (C=O) groups excluding carboxylic acids is 2. The summed E-state index contributed by atoms with van der Waals surface area (Å²) in [5, 5.41) is 2.69. The fourth-order valence-electron chi connectivity index (χ4n) is 3.65. The molecule has 0 bridgehead atoms. The minimum atomic E-state index is -0.415. The summed E-state index contributed by atoms with van der Waals surface area (Å²) in [5.74, 6) is 0.0778. The van der Waals surface area contributed by atoms with Crippen molar-refractivity contribution in [1.82, 2.24) is 10.2 Å². The number of nitrogens with two attached hydrogens (primary N) is 1. The second-order valence-corrected chi connectivity index (χ2v) is 6.17. The van der Waals surface area contributed by atoms with Crippen LogP contribution in [0.2, 0.25) is 0 Å². The summed E-state index contributed by atoms with van der Waals surface area (Å²) in [6.07, 6.45) is 7.85. The molecule has 0 aromatic heterocycles. The van der Waals surface area contributed by atoms with Crippen LogP contribution in [0, 0.1) is 5.41 Å². The fraction of sp³-hybridized carbons (Fsp3) is 0.867. The van der Waals surface area contributed by atoms with Crippen molar-refractivity contribution in [2.45, 2.75) is 57.4 Å². The van der Waals surface area contributed by atoms with Crippen molar-refractivity contribution >= 4 is 11.8 Å². The van der Waals surface area contributed by atoms with Crippen molar-refractivity contribution in [2.75, 3.05) is 20.1 Å². The number of likely N-dealkylation sites (N-methyl/N-ethyl adjacent to an activating group) is 1. The summed E-state index contributed by atoms with van der Waals surface area (Å²) in [4.78, 5) is 26.8. The summed E-state index contributed by atoms with van der Waals surface area (Å²) in [7, 11) is 1.64. The van der Waals surface area contributed by atoms with Gasteiger partial charge in [-0.1, -0.05) is 19.3 Å². The number of likely N-dealkylation sites (tertiary alicyclic amines) is 1. The zero-order chi connectivity index (χ0) is 14.6. The van der Waals surface area contributed by atoms with Gasteiger partial charge in [0.05, 0.1) is 5.41 Å². The van der Waals surface area contributed by atoms with E-state index in [1.165, 1.54) is 6.42 Å². The average Bonchev–Trinajstić information content (AvgIpc) is 2.54. The van der Waals surface area contributed by atoms with Gasteiger partial charge in [-0.05, 0) is 32.1 Å². The Morgan fingerprint density at radius 3 is 2.50 bits per heavy atom. The molecule has 1 saturated carbocycles. The van der Waals surface area contributed by atoms with Crippen LogP contribution in [-0.2, 0) is 9.59 Å². The van der Waals surface area contributed by atoms with Gasteiger partial charge in [0, 0.05) is 20.1 Å². The molecular weight excluding hydrogens is 254 g/mol. The Hall–Kier alpha value is -1.10. The molecule has 5 nitrogen and oxygen atoms in total. The summed E-state index contributed by atoms with van der Waals surface area (Å²) >= 11 is 0. The molecule has 2 amide bonds. The molecule has 1 saturated heterocycles. The normalized spacial score (nSPS) is 26.1. The Kier molecular flexibility index (Phi) is 5.02. The summed E-state index contributed by atoms with van der Waals surface area (Å²) in [5.41, 5.74) is 5.54. The Bertz CT molecular complexity index is 364. The smallest absolute Gasteiger partial charge is 0.242 e. The zero-order valence-corrected chi connectivity index (χ0v) is 12.5. The molecular formula is C15H27N3O2. The molecule has 0 aromatic rings. The molecule has 0 radical (unpaired) electrons. The van der Waals surface area contributed by atoms with Crippen LogP contribution in [0.5, 0.6) is 0 Å². The van der Waals surface area contributed by atoms with Gasteiger partial charge in [0.2, 0.25) is 11.8 Å². The van der Waals surface area contributed by atoms with Crippen LogP contribution in [0.25, 0.3) is 0 Å². The van der Waals surface area contributed by atoms with E-state index in [1.807, 2.05) is 0 Å². The molecule has 114 valence electrons. The SMILES string of the molecule is CNC(=O)C1CCCCN1C(=O)C1(CN)CCCCC1. The predicted octanol–water partition coefficient (Wildman–Crippen LogP) is 1.02. The van der Waals surface area contributed by atoms with Gasteiger partial charge in [-0.2, -0.15) is 0 Å². The highest BCUT2D eigenvalue weighted by atomic mass is 16.2. The van der Waals surface area contributed by atoms with Crippen molar-refractivity contribution in [3.63, 3.8) is 0 Å². The molecule has 1 aliphatic heterocycles. The van der Waals surface area contributed by atoms with Gasteiger partial charge in [-0.15, -0.1) is 0 Å². The van der Waals surface area contributed by atoms with Crippen LogP contribution in [-0.4, -0.2) is 42.9 Å². The third kappa shape index (κ3) is 2.82. The lowest BCUT2D eigenvalue weighted by atomic mass is 9.72. The number of carbonyl (C=O) groups is 2. The van der Waals surface area contributed by atoms with Crippen LogP contribution in [0.1, 0.15) is 51.4 Å². The predicted molar refractivity (Wildman–Crippen MR) is 78.0 cm³/mol. The van der Waals surface area contributed by atoms with E-state index in [1.54, 1.807) is 11.9 Å². The first-order chi connectivity index (χ1) is 9.64. The van der Waals surface area contributed by atoms with Gasteiger partial charge in [-0.25, -0.2) is 0 Å². The first-order valence-electron chi connectivity index (χ1n) is 7.87. The topological polar surface area (TPSA) is 75.4 Å². The molecule has 2 rings (SSSR count). The molecule has 3 N–H and O–H groups in total. The van der Waals surface area contributed by atoms with E-state index in [0.29, 0.717) is 13.1 Å². The number of amides is 2. The minimum Gasteiger partial charge on any atom is -0.357 e. The lowest BCUT2D eigenvalue weighted by molar-refractivity contribution is -0.151. The summed E-state index contributed by atoms with van der Waals surface area (Å²) in [6.45, 7) is 1.10. The van der Waals surface area contributed by atoms with E-state index in [2.05, 4.69) is 5.32 Å². The van der Waals surface area contributed by atoms with Crippen LogP contribution in [0.15, 0.2) is 0 Å². The second kappa shape index (κ2) is 6.57. The third-order valence-corrected chi connectivity index (χ3v) is 4.97. The molecule has 2 aliphatic rings. The van der Waals surface area contributed by atoms with Crippen LogP contribution in [0.4, 0.5) is 0 Å². The Morgan fingerprint density at radius 1 is 1.20 bits per heavy atom. The quantitative estimate of drug-likeness (QED) is 0.811. The van der Waals surface area contributed by atoms with Crippen molar-refractivity contribution in [3.8, 4) is 0 Å². The van der Waals surface area contributed by atoms with E-state index in [0.717, 1.165) is 44.9 Å². The van der Waals surface area contributed by atoms with E-state index in [-0.39, 0.29) is 17.9 Å². The van der Waals surface area contributed by atoms with E-state index < -0.39 is 5.41 Å². The van der Waals surface area contributed by atoms with Crippen molar-refractivity contribution in [2.24, 2.45) is 11.1 Å². The Balaban J connectivity index is 2.17. The number of rotatable bonds is 3. The van der Waals surface area contributed by atoms with E-state index in [4.69, 9.17) is 5.73 Å². The lowest BCUT2D eigenvalue weighted by Gasteiger charge is -2.43. The van der Waals surface area contributed by atoms with Crippen LogP contribution >= 0.6 is 0 Å². The number of piperidine rings is 1. The Morgan fingerprint density at radius 2 is 1.90 bits per heavy atom. The molecule has 5 heteroatoms. The summed E-state index contributed by atoms with van der Waals surface area (Å²) in [6, 6.07) is -0.299. The standard InChI is InChI=1S/C15H27N3O2/c1-17-13(19)12-7-3-6-10-18(12)14(20)15(11-16)8-4-2-5-9-15/h12H,2-11,16H2,1H3,(H,17,19). The minimum absolute atomic E-state index is 0.0407. The largest absolute Gasteiger partial charge is 0.357 e. The third-order valence-electron chi connectivity index (χ3n) is 4.97. The highest BCUT2D eigenvalue weighted by Crippen LogP contribution is 2.38. The van der Waals surface area contributed by atoms with Crippen LogP contribution in [0.3, 0.4) is 0 Å². The monoisotopic (exact) mass is 281 g/mol. The number of nitrogens with zero attached hydrogens (tertiary/aromatic N) is 1. The van der Waals surface area contributed by atoms with E-state index >= 15 is 0 Å². The molecule has 20 heavy (non-hydrogen) atoms. The number of nitrogens with one attached hydrogen (secondary N) is 1. The maximum atomic E-state index is 13.0. The van der Waals surface area contributed by atoms with Crippen molar-refractivity contribution < 1.29 is 9.59 Å². The molecule has 1 heterocycles. The summed E-state index contributed by atoms with van der Waals surface area (Å²) < 4.78 is 0. The average molecular weight is 281 g/mol. The molecule has 0 spiro atoms. The van der Waals surface area contributed by atoms with Crippen LogP contribution < -0.4 is 11.1 Å². The van der Waals surface area contributed by atoms with Gasteiger partial charge in [-0.3, -0.25) is 9.59 Å². The molecule has 1 aliphatic carbocycles. The Labute approximate surface area is 121 Å². The van der Waals surface area contributed by atoms with Crippen molar-refractivity contribution in [1.29, 1.82) is 0 Å². The molecule has 2 fully saturated rings. The van der Waals surface area contributed by atoms with Gasteiger partial charge < -0.3 is 16.0 Å². The highest BCUT2D eigenvalue weighted by Gasteiger charge is 2.44. The fourth-order valence-corrected chi connectivity index (χ4v) is 3.65. The first-order valence-corrected chi connectivity index (χ1v) is 7.87. The maximum Gasteiger partial charge on any atom is 0.242 e. The number of hydrogen-bond acceptors (Lipinski definition) is 3. The first kappa shape index (κ1) is 15.3. The molecule has 1 unspecified atom stereocenters. The second-order valence-electron chi connectivity index (χ2n) is 6.17. The molecule has 1 atom stereocenters. The zero-order valence-electron chi connectivity index (χ0n) is 12.5. The van der Waals surface area contributed by atoms with Crippen molar-refractivity contribution in [3.05, 3.63) is 0 Å². The molecule has 0 aromatic carbocycles. The van der Waals surface area contributed by atoms with Gasteiger partial charge in [0.1, 0.15) is 6.04 Å². The number of hydrogen-bond donors (Lipinski definition) is 2. The lowest BCUT2D eigenvalue weighted by Crippen LogP contribution is -2.57. The van der Waals surface area contributed by atoms with Gasteiger partial charge >= 0.3 is 0 Å². The highest BCUT2D eigenvalue weighted by molar-refractivity contribution is 5.90.